The van der Waals surface area contributed by atoms with E-state index in [1.54, 1.807) is 6.20 Å². The molecule has 1 N–H and O–H groups in total. The van der Waals surface area contributed by atoms with Gasteiger partial charge in [-0.2, -0.15) is 5.10 Å². The summed E-state index contributed by atoms with van der Waals surface area (Å²) in [4.78, 5) is 2.42. The molecule has 0 radical (unpaired) electrons. The second kappa shape index (κ2) is 6.45. The van der Waals surface area contributed by atoms with Crippen LogP contribution in [0.1, 0.15) is 12.1 Å². The maximum Gasteiger partial charge on any atom is 0.0831 e. The maximum absolute atomic E-state index is 6.08. The van der Waals surface area contributed by atoms with Crippen LogP contribution in [0.25, 0.3) is 0 Å². The fourth-order valence-electron chi connectivity index (χ4n) is 1.89. The normalized spacial score (nSPS) is 17.9. The van der Waals surface area contributed by atoms with Crippen molar-refractivity contribution in [3.8, 4) is 0 Å². The molecule has 1 aliphatic heterocycles. The minimum absolute atomic E-state index is 0. The van der Waals surface area contributed by atoms with Gasteiger partial charge in [0, 0.05) is 26.7 Å². The van der Waals surface area contributed by atoms with E-state index in [2.05, 4.69) is 15.3 Å². The minimum atomic E-state index is 0. The molecule has 0 bridgehead atoms. The van der Waals surface area contributed by atoms with Crippen LogP contribution in [0.4, 0.5) is 0 Å². The molecule has 2 rings (SSSR count). The van der Waals surface area contributed by atoms with Crippen molar-refractivity contribution in [1.29, 1.82) is 0 Å². The first-order valence-electron chi connectivity index (χ1n) is 5.37. The summed E-state index contributed by atoms with van der Waals surface area (Å²) in [5.74, 6) is 0. The summed E-state index contributed by atoms with van der Waals surface area (Å²) >= 11 is 6.08. The zero-order chi connectivity index (χ0) is 10.7. The van der Waals surface area contributed by atoms with Crippen molar-refractivity contribution < 1.29 is 0 Å². The smallest absolute Gasteiger partial charge is 0.0831 e. The van der Waals surface area contributed by atoms with Crippen LogP contribution >= 0.6 is 24.0 Å². The molecule has 0 unspecified atom stereocenters. The van der Waals surface area contributed by atoms with Gasteiger partial charge < -0.3 is 5.32 Å². The van der Waals surface area contributed by atoms with E-state index in [0.717, 1.165) is 43.4 Å². The van der Waals surface area contributed by atoms with Crippen molar-refractivity contribution >= 4 is 24.0 Å². The summed E-state index contributed by atoms with van der Waals surface area (Å²) in [7, 11) is 1.94. The summed E-state index contributed by atoms with van der Waals surface area (Å²) in [5.41, 5.74) is 1.11. The van der Waals surface area contributed by atoms with E-state index in [-0.39, 0.29) is 12.4 Å². The Morgan fingerprint density at radius 3 is 2.94 bits per heavy atom. The van der Waals surface area contributed by atoms with Crippen LogP contribution in [-0.4, -0.2) is 40.9 Å². The second-order valence-electron chi connectivity index (χ2n) is 3.94. The summed E-state index contributed by atoms with van der Waals surface area (Å²) < 4.78 is 1.86. The zero-order valence-electron chi connectivity index (χ0n) is 9.45. The van der Waals surface area contributed by atoms with Gasteiger partial charge in [0.05, 0.1) is 16.9 Å². The molecule has 0 spiro atoms. The van der Waals surface area contributed by atoms with Crippen molar-refractivity contribution in [1.82, 2.24) is 20.0 Å². The maximum atomic E-state index is 6.08. The van der Waals surface area contributed by atoms with Crippen molar-refractivity contribution in [2.24, 2.45) is 7.05 Å². The number of aryl methyl sites for hydroxylation is 1. The first-order valence-corrected chi connectivity index (χ1v) is 5.74. The highest BCUT2D eigenvalue weighted by Crippen LogP contribution is 2.16. The van der Waals surface area contributed by atoms with E-state index in [1.807, 2.05) is 11.7 Å². The Kier molecular flexibility index (Phi) is 5.55. The molecule has 6 heteroatoms. The van der Waals surface area contributed by atoms with Crippen molar-refractivity contribution in [3.63, 3.8) is 0 Å². The molecule has 4 nitrogen and oxygen atoms in total. The minimum Gasteiger partial charge on any atom is -0.315 e. The van der Waals surface area contributed by atoms with Gasteiger partial charge in [-0.1, -0.05) is 11.6 Å². The SMILES string of the molecule is Cl.Cn1ncc(Cl)c1CN1CCCNCC1. The van der Waals surface area contributed by atoms with Crippen molar-refractivity contribution in [2.45, 2.75) is 13.0 Å². The summed E-state index contributed by atoms with van der Waals surface area (Å²) in [6.45, 7) is 5.30. The lowest BCUT2D eigenvalue weighted by Crippen LogP contribution is -2.28. The van der Waals surface area contributed by atoms with E-state index >= 15 is 0 Å². The number of rotatable bonds is 2. The average molecular weight is 265 g/mol. The Bertz CT molecular complexity index is 299. The number of nitrogens with one attached hydrogen (secondary N) is 1. The number of aromatic nitrogens is 2. The van der Waals surface area contributed by atoms with Gasteiger partial charge in [0.1, 0.15) is 0 Å². The lowest BCUT2D eigenvalue weighted by molar-refractivity contribution is 0.277. The predicted octanol–water partition coefficient (Wildman–Crippen LogP) is 1.29. The summed E-state index contributed by atoms with van der Waals surface area (Å²) in [6.07, 6.45) is 2.92. The number of halogens is 2. The molecule has 0 amide bonds. The van der Waals surface area contributed by atoms with E-state index in [0.29, 0.717) is 0 Å². The molecule has 1 aliphatic rings. The summed E-state index contributed by atoms with van der Waals surface area (Å²) in [6, 6.07) is 0. The van der Waals surface area contributed by atoms with E-state index in [9.17, 15) is 0 Å². The fourth-order valence-corrected chi connectivity index (χ4v) is 2.11. The molecule has 1 fully saturated rings. The third-order valence-corrected chi connectivity index (χ3v) is 3.13. The Balaban J connectivity index is 0.00000128. The van der Waals surface area contributed by atoms with Gasteiger partial charge in [-0.25, -0.2) is 0 Å². The van der Waals surface area contributed by atoms with Gasteiger partial charge in [0.25, 0.3) is 0 Å². The number of hydrogen-bond acceptors (Lipinski definition) is 3. The van der Waals surface area contributed by atoms with Crippen LogP contribution in [0.15, 0.2) is 6.20 Å². The van der Waals surface area contributed by atoms with E-state index < -0.39 is 0 Å². The molecular formula is C10H18Cl2N4. The van der Waals surface area contributed by atoms with Crippen molar-refractivity contribution in [2.75, 3.05) is 26.2 Å². The molecular weight excluding hydrogens is 247 g/mol. The highest BCUT2D eigenvalue weighted by molar-refractivity contribution is 6.31. The Hall–Kier alpha value is -0.290. The third-order valence-electron chi connectivity index (χ3n) is 2.82. The average Bonchev–Trinajstić information content (AvgIpc) is 2.49. The monoisotopic (exact) mass is 264 g/mol. The Labute approximate surface area is 107 Å². The predicted molar refractivity (Wildman–Crippen MR) is 68.2 cm³/mol. The quantitative estimate of drug-likeness (QED) is 0.874. The Morgan fingerprint density at radius 2 is 2.25 bits per heavy atom. The van der Waals surface area contributed by atoms with Crippen LogP contribution in [-0.2, 0) is 13.6 Å². The second-order valence-corrected chi connectivity index (χ2v) is 4.35. The van der Waals surface area contributed by atoms with E-state index in [1.165, 1.54) is 6.42 Å². The highest BCUT2D eigenvalue weighted by atomic mass is 35.5. The van der Waals surface area contributed by atoms with Crippen LogP contribution in [0.3, 0.4) is 0 Å². The van der Waals surface area contributed by atoms with E-state index in [4.69, 9.17) is 11.6 Å². The van der Waals surface area contributed by atoms with Gasteiger partial charge >= 0.3 is 0 Å². The first-order chi connectivity index (χ1) is 7.27. The van der Waals surface area contributed by atoms with Crippen LogP contribution < -0.4 is 5.32 Å². The molecule has 0 aliphatic carbocycles. The molecule has 0 atom stereocenters. The first kappa shape index (κ1) is 13.8. The molecule has 2 heterocycles. The zero-order valence-corrected chi connectivity index (χ0v) is 11.0. The molecule has 0 saturated carbocycles. The lowest BCUT2D eigenvalue weighted by atomic mass is 10.3. The van der Waals surface area contributed by atoms with Crippen LogP contribution in [0.2, 0.25) is 5.02 Å². The van der Waals surface area contributed by atoms with Gasteiger partial charge in [-0.3, -0.25) is 9.58 Å². The van der Waals surface area contributed by atoms with Crippen LogP contribution in [0.5, 0.6) is 0 Å². The Morgan fingerprint density at radius 1 is 1.44 bits per heavy atom. The highest BCUT2D eigenvalue weighted by Gasteiger charge is 2.13. The van der Waals surface area contributed by atoms with Gasteiger partial charge in [0.2, 0.25) is 0 Å². The molecule has 1 aromatic heterocycles. The topological polar surface area (TPSA) is 33.1 Å². The molecule has 1 aromatic rings. The fraction of sp³-hybridized carbons (Fsp3) is 0.700. The number of hydrogen-bond donors (Lipinski definition) is 1. The molecule has 1 saturated heterocycles. The number of nitrogens with zero attached hydrogens (tertiary/aromatic N) is 3. The third kappa shape index (κ3) is 3.35. The van der Waals surface area contributed by atoms with Gasteiger partial charge in [0.15, 0.2) is 0 Å². The molecule has 16 heavy (non-hydrogen) atoms. The largest absolute Gasteiger partial charge is 0.315 e. The standard InChI is InChI=1S/C10H17ClN4.ClH/c1-14-10(9(11)7-13-14)8-15-5-2-3-12-4-6-15;/h7,12H,2-6,8H2,1H3;1H. The molecule has 92 valence electrons. The van der Waals surface area contributed by atoms with Gasteiger partial charge in [-0.05, 0) is 19.5 Å². The van der Waals surface area contributed by atoms with Crippen molar-refractivity contribution in [3.05, 3.63) is 16.9 Å². The van der Waals surface area contributed by atoms with Crippen LogP contribution in [0, 0.1) is 0 Å². The lowest BCUT2D eigenvalue weighted by Gasteiger charge is -2.19. The van der Waals surface area contributed by atoms with Gasteiger partial charge in [-0.15, -0.1) is 12.4 Å². The molecule has 0 aromatic carbocycles. The summed E-state index contributed by atoms with van der Waals surface area (Å²) in [5, 5.41) is 8.31.